The van der Waals surface area contributed by atoms with Crippen LogP contribution in [0, 0.1) is 0 Å². The number of nitrogens with zero attached hydrogens (tertiary/aromatic N) is 1. The molecule has 76 valence electrons. The normalized spacial score (nSPS) is 18.3. The molecule has 1 aliphatic heterocycles. The second-order valence-corrected chi connectivity index (χ2v) is 4.19. The van der Waals surface area contributed by atoms with E-state index in [0.29, 0.717) is 12.8 Å². The largest absolute Gasteiger partial charge is 0.315 e. The number of benzene rings is 1. The first-order valence-corrected chi connectivity index (χ1v) is 5.12. The minimum atomic E-state index is 0.112. The zero-order chi connectivity index (χ0) is 10.6. The number of carbonyl (C=O) groups excluding carboxylic acids is 2. The van der Waals surface area contributed by atoms with E-state index in [2.05, 4.69) is 0 Å². The smallest absolute Gasteiger partial charge is 0.231 e. The summed E-state index contributed by atoms with van der Waals surface area (Å²) in [5.74, 6) is 0.321. The van der Waals surface area contributed by atoms with Gasteiger partial charge in [-0.15, -0.1) is 0 Å². The lowest BCUT2D eigenvalue weighted by Gasteiger charge is -2.10. The number of rotatable bonds is 0. The Bertz CT molecular complexity index is 491. The monoisotopic (exact) mass is 201 g/mol. The molecule has 0 atom stereocenters. The molecule has 0 saturated carbocycles. The molecule has 3 nitrogen and oxygen atoms in total. The van der Waals surface area contributed by atoms with Crippen LogP contribution in [-0.2, 0) is 17.6 Å². The zero-order valence-corrected chi connectivity index (χ0v) is 8.54. The molecule has 3 heteroatoms. The van der Waals surface area contributed by atoms with Gasteiger partial charge in [-0.25, -0.2) is 0 Å². The van der Waals surface area contributed by atoms with Crippen LogP contribution in [0.1, 0.15) is 27.9 Å². The molecule has 2 aliphatic rings. The SMILES string of the molecule is CN1C(=O)Cc2cc3c(cc21)C(=O)CC3. The minimum absolute atomic E-state index is 0.112. The maximum Gasteiger partial charge on any atom is 0.231 e. The van der Waals surface area contributed by atoms with Gasteiger partial charge in [-0.3, -0.25) is 9.59 Å². The predicted octanol–water partition coefficient (Wildman–Crippen LogP) is 1.33. The Balaban J connectivity index is 2.20. The highest BCUT2D eigenvalue weighted by Crippen LogP contribution is 2.34. The third-order valence-corrected chi connectivity index (χ3v) is 3.30. The first-order chi connectivity index (χ1) is 7.16. The van der Waals surface area contributed by atoms with Crippen LogP contribution in [0.5, 0.6) is 0 Å². The minimum Gasteiger partial charge on any atom is -0.315 e. The molecule has 3 rings (SSSR count). The number of anilines is 1. The summed E-state index contributed by atoms with van der Waals surface area (Å²) in [6.07, 6.45) is 1.93. The van der Waals surface area contributed by atoms with Crippen molar-refractivity contribution in [2.75, 3.05) is 11.9 Å². The maximum absolute atomic E-state index is 11.6. The van der Waals surface area contributed by atoms with Crippen LogP contribution in [0.15, 0.2) is 12.1 Å². The molecular formula is C12H11NO2. The lowest BCUT2D eigenvalue weighted by atomic mass is 10.0. The standard InChI is InChI=1S/C12H11NO2/c1-13-10-6-9-7(2-3-11(9)14)4-8(10)5-12(13)15/h4,6H,2-3,5H2,1H3. The van der Waals surface area contributed by atoms with Crippen molar-refractivity contribution in [2.24, 2.45) is 0 Å². The molecule has 0 radical (unpaired) electrons. The van der Waals surface area contributed by atoms with Crippen molar-refractivity contribution in [3.05, 3.63) is 28.8 Å². The molecule has 0 N–H and O–H groups in total. The van der Waals surface area contributed by atoms with E-state index in [1.54, 1.807) is 11.9 Å². The second-order valence-electron chi connectivity index (χ2n) is 4.19. The van der Waals surface area contributed by atoms with Gasteiger partial charge >= 0.3 is 0 Å². The quantitative estimate of drug-likeness (QED) is 0.635. The van der Waals surface area contributed by atoms with Gasteiger partial charge in [0.15, 0.2) is 5.78 Å². The lowest BCUT2D eigenvalue weighted by molar-refractivity contribution is -0.117. The Morgan fingerprint density at radius 3 is 2.73 bits per heavy atom. The van der Waals surface area contributed by atoms with Crippen molar-refractivity contribution in [2.45, 2.75) is 19.3 Å². The van der Waals surface area contributed by atoms with Crippen LogP contribution in [0.3, 0.4) is 0 Å². The Morgan fingerprint density at radius 1 is 1.13 bits per heavy atom. The zero-order valence-electron chi connectivity index (χ0n) is 8.54. The third-order valence-electron chi connectivity index (χ3n) is 3.30. The first kappa shape index (κ1) is 8.65. The van der Waals surface area contributed by atoms with Crippen LogP contribution < -0.4 is 4.90 Å². The highest BCUT2D eigenvalue weighted by Gasteiger charge is 2.28. The van der Waals surface area contributed by atoms with Crippen molar-refractivity contribution >= 4 is 17.4 Å². The van der Waals surface area contributed by atoms with Crippen molar-refractivity contribution in [3.8, 4) is 0 Å². The van der Waals surface area contributed by atoms with Crippen LogP contribution in [-0.4, -0.2) is 18.7 Å². The van der Waals surface area contributed by atoms with Crippen LogP contribution in [0.25, 0.3) is 0 Å². The number of carbonyl (C=O) groups is 2. The number of likely N-dealkylation sites (N-methyl/N-ethyl adjacent to an activating group) is 1. The highest BCUT2D eigenvalue weighted by molar-refractivity contribution is 6.06. The molecule has 1 amide bonds. The molecule has 1 heterocycles. The number of fused-ring (bicyclic) bond motifs is 2. The van der Waals surface area contributed by atoms with E-state index in [1.807, 2.05) is 12.1 Å². The molecule has 0 fully saturated rings. The average molecular weight is 201 g/mol. The second kappa shape index (κ2) is 2.69. The van der Waals surface area contributed by atoms with Gasteiger partial charge < -0.3 is 4.90 Å². The number of ketones is 1. The molecule has 0 unspecified atom stereocenters. The fourth-order valence-corrected chi connectivity index (χ4v) is 2.40. The summed E-state index contributed by atoms with van der Waals surface area (Å²) >= 11 is 0. The summed E-state index contributed by atoms with van der Waals surface area (Å²) in [6.45, 7) is 0. The van der Waals surface area contributed by atoms with Crippen molar-refractivity contribution in [3.63, 3.8) is 0 Å². The van der Waals surface area contributed by atoms with Crippen LogP contribution in [0.2, 0.25) is 0 Å². The lowest BCUT2D eigenvalue weighted by Crippen LogP contribution is -2.20. The third kappa shape index (κ3) is 1.06. The van der Waals surface area contributed by atoms with Gasteiger partial charge in [0, 0.05) is 24.7 Å². The number of hydrogen-bond donors (Lipinski definition) is 0. The summed E-state index contributed by atoms with van der Waals surface area (Å²) in [4.78, 5) is 24.7. The Kier molecular flexibility index (Phi) is 1.55. The molecule has 1 aliphatic carbocycles. The molecule has 1 aromatic rings. The maximum atomic E-state index is 11.6. The van der Waals surface area contributed by atoms with E-state index in [0.717, 1.165) is 28.8 Å². The average Bonchev–Trinajstić information content (AvgIpc) is 2.69. The summed E-state index contributed by atoms with van der Waals surface area (Å²) in [5.41, 5.74) is 3.90. The Labute approximate surface area is 87.7 Å². The molecule has 0 aromatic heterocycles. The molecule has 0 bridgehead atoms. The van der Waals surface area contributed by atoms with Gasteiger partial charge in [0.2, 0.25) is 5.91 Å². The molecule has 15 heavy (non-hydrogen) atoms. The van der Waals surface area contributed by atoms with E-state index >= 15 is 0 Å². The van der Waals surface area contributed by atoms with E-state index in [9.17, 15) is 9.59 Å². The summed E-state index contributed by atoms with van der Waals surface area (Å²) in [5, 5.41) is 0. The van der Waals surface area contributed by atoms with Crippen molar-refractivity contribution in [1.82, 2.24) is 0 Å². The van der Waals surface area contributed by atoms with Gasteiger partial charge in [0.25, 0.3) is 0 Å². The predicted molar refractivity (Wildman–Crippen MR) is 56.2 cm³/mol. The number of Topliss-reactive ketones (excluding diaryl/α,β-unsaturated/α-hetero) is 1. The van der Waals surface area contributed by atoms with E-state index in [-0.39, 0.29) is 11.7 Å². The number of amides is 1. The molecule has 1 aromatic carbocycles. The molecule has 0 spiro atoms. The summed E-state index contributed by atoms with van der Waals surface area (Å²) < 4.78 is 0. The van der Waals surface area contributed by atoms with Gasteiger partial charge in [0.05, 0.1) is 6.42 Å². The molecule has 0 saturated heterocycles. The Hall–Kier alpha value is -1.64. The highest BCUT2D eigenvalue weighted by atomic mass is 16.2. The van der Waals surface area contributed by atoms with Gasteiger partial charge in [-0.2, -0.15) is 0 Å². The molecular weight excluding hydrogens is 190 g/mol. The topological polar surface area (TPSA) is 37.4 Å². The first-order valence-electron chi connectivity index (χ1n) is 5.12. The van der Waals surface area contributed by atoms with Crippen LogP contribution in [0.4, 0.5) is 5.69 Å². The fraction of sp³-hybridized carbons (Fsp3) is 0.333. The van der Waals surface area contributed by atoms with E-state index < -0.39 is 0 Å². The fourth-order valence-electron chi connectivity index (χ4n) is 2.40. The van der Waals surface area contributed by atoms with Crippen molar-refractivity contribution < 1.29 is 9.59 Å². The Morgan fingerprint density at radius 2 is 1.93 bits per heavy atom. The number of aryl methyl sites for hydroxylation is 1. The van der Waals surface area contributed by atoms with Gasteiger partial charge in [-0.05, 0) is 23.6 Å². The summed E-state index contributed by atoms with van der Waals surface area (Å²) in [7, 11) is 1.76. The van der Waals surface area contributed by atoms with E-state index in [4.69, 9.17) is 0 Å². The van der Waals surface area contributed by atoms with Crippen LogP contribution >= 0.6 is 0 Å². The van der Waals surface area contributed by atoms with E-state index in [1.165, 1.54) is 0 Å². The summed E-state index contributed by atoms with van der Waals surface area (Å²) in [6, 6.07) is 3.90. The van der Waals surface area contributed by atoms with Gasteiger partial charge in [0.1, 0.15) is 0 Å². The number of hydrogen-bond acceptors (Lipinski definition) is 2. The van der Waals surface area contributed by atoms with Gasteiger partial charge in [-0.1, -0.05) is 6.07 Å². The van der Waals surface area contributed by atoms with Crippen molar-refractivity contribution in [1.29, 1.82) is 0 Å².